The number of nitrogens with zero attached hydrogens (tertiary/aromatic N) is 1. The van der Waals surface area contributed by atoms with Crippen molar-refractivity contribution in [3.8, 4) is 5.75 Å². The Morgan fingerprint density at radius 3 is 2.71 bits per heavy atom. The Balaban J connectivity index is 1.88. The van der Waals surface area contributed by atoms with Crippen molar-refractivity contribution < 1.29 is 9.53 Å². The van der Waals surface area contributed by atoms with Crippen molar-refractivity contribution >= 4 is 5.91 Å². The van der Waals surface area contributed by atoms with Crippen LogP contribution in [-0.2, 0) is 4.79 Å². The minimum Gasteiger partial charge on any atom is -0.489 e. The van der Waals surface area contributed by atoms with Crippen molar-refractivity contribution in [2.75, 3.05) is 13.1 Å². The maximum atomic E-state index is 11.8. The van der Waals surface area contributed by atoms with Crippen LogP contribution in [0.25, 0.3) is 0 Å². The molecular formula is C14H19NO2. The fourth-order valence-corrected chi connectivity index (χ4v) is 2.08. The van der Waals surface area contributed by atoms with Crippen molar-refractivity contribution in [2.45, 2.75) is 26.4 Å². The second-order valence-corrected chi connectivity index (χ2v) is 4.78. The molecule has 1 heterocycles. The Bertz CT molecular complexity index is 375. The average Bonchev–Trinajstić information content (AvgIpc) is 2.77. The number of rotatable bonds is 3. The first-order chi connectivity index (χ1) is 8.16. The minimum atomic E-state index is 0.0745. The molecule has 1 unspecified atom stereocenters. The maximum absolute atomic E-state index is 11.8. The quantitative estimate of drug-likeness (QED) is 0.802. The Kier molecular flexibility index (Phi) is 3.67. The summed E-state index contributed by atoms with van der Waals surface area (Å²) >= 11 is 0. The fraction of sp³-hybridized carbons (Fsp3) is 0.500. The van der Waals surface area contributed by atoms with Crippen LogP contribution < -0.4 is 4.74 Å². The van der Waals surface area contributed by atoms with Gasteiger partial charge in [-0.25, -0.2) is 0 Å². The number of hydrogen-bond acceptors (Lipinski definition) is 2. The highest BCUT2D eigenvalue weighted by atomic mass is 16.5. The Morgan fingerprint density at radius 1 is 1.35 bits per heavy atom. The third-order valence-corrected chi connectivity index (χ3v) is 3.00. The van der Waals surface area contributed by atoms with E-state index in [2.05, 4.69) is 0 Å². The van der Waals surface area contributed by atoms with Crippen LogP contribution in [0.2, 0.25) is 0 Å². The molecule has 1 amide bonds. The molecule has 0 radical (unpaired) electrons. The van der Waals surface area contributed by atoms with Gasteiger partial charge in [0.05, 0.1) is 6.54 Å². The Morgan fingerprint density at radius 2 is 2.06 bits per heavy atom. The zero-order chi connectivity index (χ0) is 12.3. The van der Waals surface area contributed by atoms with E-state index in [9.17, 15) is 4.79 Å². The van der Waals surface area contributed by atoms with E-state index in [-0.39, 0.29) is 17.9 Å². The second kappa shape index (κ2) is 5.21. The molecule has 0 spiro atoms. The third-order valence-electron chi connectivity index (χ3n) is 3.00. The molecule has 1 atom stereocenters. The molecule has 1 aromatic rings. The summed E-state index contributed by atoms with van der Waals surface area (Å²) in [5.41, 5.74) is 0. The SMILES string of the molecule is CC(C)C(=O)N1CCC(Oc2ccccc2)C1. The molecule has 92 valence electrons. The molecule has 0 aromatic heterocycles. The number of carbonyl (C=O) groups excluding carboxylic acids is 1. The average molecular weight is 233 g/mol. The van der Waals surface area contributed by atoms with Crippen LogP contribution in [0.1, 0.15) is 20.3 Å². The van der Waals surface area contributed by atoms with E-state index >= 15 is 0 Å². The molecule has 1 aliphatic rings. The Hall–Kier alpha value is -1.51. The number of hydrogen-bond donors (Lipinski definition) is 0. The molecule has 3 nitrogen and oxygen atoms in total. The minimum absolute atomic E-state index is 0.0745. The summed E-state index contributed by atoms with van der Waals surface area (Å²) in [7, 11) is 0. The number of para-hydroxylation sites is 1. The highest BCUT2D eigenvalue weighted by Gasteiger charge is 2.28. The summed E-state index contributed by atoms with van der Waals surface area (Å²) in [4.78, 5) is 13.7. The monoisotopic (exact) mass is 233 g/mol. The van der Waals surface area contributed by atoms with Gasteiger partial charge in [0.2, 0.25) is 5.91 Å². The summed E-state index contributed by atoms with van der Waals surface area (Å²) in [5, 5.41) is 0. The van der Waals surface area contributed by atoms with Crippen molar-refractivity contribution in [2.24, 2.45) is 5.92 Å². The third kappa shape index (κ3) is 2.99. The maximum Gasteiger partial charge on any atom is 0.225 e. The summed E-state index contributed by atoms with van der Waals surface area (Å²) < 4.78 is 5.84. The van der Waals surface area contributed by atoms with Gasteiger partial charge in [0, 0.05) is 18.9 Å². The molecule has 2 rings (SSSR count). The molecule has 1 aromatic carbocycles. The van der Waals surface area contributed by atoms with Gasteiger partial charge >= 0.3 is 0 Å². The zero-order valence-electron chi connectivity index (χ0n) is 10.4. The van der Waals surface area contributed by atoms with E-state index in [1.807, 2.05) is 49.1 Å². The topological polar surface area (TPSA) is 29.5 Å². The van der Waals surface area contributed by atoms with Gasteiger partial charge < -0.3 is 9.64 Å². The lowest BCUT2D eigenvalue weighted by Gasteiger charge is -2.19. The van der Waals surface area contributed by atoms with Crippen molar-refractivity contribution in [1.82, 2.24) is 4.90 Å². The van der Waals surface area contributed by atoms with Gasteiger partial charge in [-0.05, 0) is 12.1 Å². The van der Waals surface area contributed by atoms with Crippen molar-refractivity contribution in [3.63, 3.8) is 0 Å². The van der Waals surface area contributed by atoms with Crippen LogP contribution in [0.4, 0.5) is 0 Å². The normalized spacial score (nSPS) is 19.7. The van der Waals surface area contributed by atoms with Crippen LogP contribution in [-0.4, -0.2) is 30.0 Å². The number of amides is 1. The van der Waals surface area contributed by atoms with E-state index in [1.165, 1.54) is 0 Å². The smallest absolute Gasteiger partial charge is 0.225 e. The van der Waals surface area contributed by atoms with Gasteiger partial charge in [-0.1, -0.05) is 32.0 Å². The molecule has 0 bridgehead atoms. The second-order valence-electron chi connectivity index (χ2n) is 4.78. The van der Waals surface area contributed by atoms with Gasteiger partial charge in [-0.3, -0.25) is 4.79 Å². The van der Waals surface area contributed by atoms with E-state index in [0.29, 0.717) is 6.54 Å². The van der Waals surface area contributed by atoms with E-state index < -0.39 is 0 Å². The van der Waals surface area contributed by atoms with E-state index in [4.69, 9.17) is 4.74 Å². The van der Waals surface area contributed by atoms with E-state index in [1.54, 1.807) is 0 Å². The van der Waals surface area contributed by atoms with Crippen LogP contribution in [0.3, 0.4) is 0 Å². The van der Waals surface area contributed by atoms with Gasteiger partial charge in [-0.2, -0.15) is 0 Å². The summed E-state index contributed by atoms with van der Waals surface area (Å²) in [6.07, 6.45) is 1.06. The summed E-state index contributed by atoms with van der Waals surface area (Å²) in [6.45, 7) is 5.40. The molecule has 1 aliphatic heterocycles. The molecule has 1 fully saturated rings. The lowest BCUT2D eigenvalue weighted by molar-refractivity contribution is -0.133. The largest absolute Gasteiger partial charge is 0.489 e. The van der Waals surface area contributed by atoms with Gasteiger partial charge in [0.1, 0.15) is 11.9 Å². The number of carbonyl (C=O) groups is 1. The first-order valence-corrected chi connectivity index (χ1v) is 6.17. The molecule has 0 aliphatic carbocycles. The number of benzene rings is 1. The summed E-state index contributed by atoms with van der Waals surface area (Å²) in [6, 6.07) is 9.79. The van der Waals surface area contributed by atoms with Crippen molar-refractivity contribution in [1.29, 1.82) is 0 Å². The molecule has 17 heavy (non-hydrogen) atoms. The summed E-state index contributed by atoms with van der Waals surface area (Å²) in [5.74, 6) is 1.19. The first-order valence-electron chi connectivity index (χ1n) is 6.17. The van der Waals surface area contributed by atoms with Gasteiger partial charge in [-0.15, -0.1) is 0 Å². The Labute approximate surface area is 102 Å². The van der Waals surface area contributed by atoms with Gasteiger partial charge in [0.15, 0.2) is 0 Å². The zero-order valence-corrected chi connectivity index (χ0v) is 10.4. The predicted molar refractivity (Wildman–Crippen MR) is 66.9 cm³/mol. The fourth-order valence-electron chi connectivity index (χ4n) is 2.08. The molecule has 1 saturated heterocycles. The van der Waals surface area contributed by atoms with Crippen LogP contribution in [0.15, 0.2) is 30.3 Å². The molecule has 0 saturated carbocycles. The van der Waals surface area contributed by atoms with Gasteiger partial charge in [0.25, 0.3) is 0 Å². The lowest BCUT2D eigenvalue weighted by Crippen LogP contribution is -2.33. The number of likely N-dealkylation sites (tertiary alicyclic amines) is 1. The van der Waals surface area contributed by atoms with Crippen molar-refractivity contribution in [3.05, 3.63) is 30.3 Å². The number of ether oxygens (including phenoxy) is 1. The molecule has 3 heteroatoms. The van der Waals surface area contributed by atoms with Crippen LogP contribution in [0, 0.1) is 5.92 Å². The first kappa shape index (κ1) is 12.0. The highest BCUT2D eigenvalue weighted by Crippen LogP contribution is 2.19. The standard InChI is InChI=1S/C14H19NO2/c1-11(2)14(16)15-9-8-13(10-15)17-12-6-4-3-5-7-12/h3-7,11,13H,8-10H2,1-2H3. The highest BCUT2D eigenvalue weighted by molar-refractivity contribution is 5.78. The van der Waals surface area contributed by atoms with Crippen LogP contribution in [0.5, 0.6) is 5.75 Å². The van der Waals surface area contributed by atoms with Crippen LogP contribution >= 0.6 is 0 Å². The van der Waals surface area contributed by atoms with E-state index in [0.717, 1.165) is 18.7 Å². The lowest BCUT2D eigenvalue weighted by atomic mass is 10.2. The molecular weight excluding hydrogens is 214 g/mol. The molecule has 0 N–H and O–H groups in total. The predicted octanol–water partition coefficient (Wildman–Crippen LogP) is 2.32.